The van der Waals surface area contributed by atoms with Crippen LogP contribution in [-0.4, -0.2) is 47.4 Å². The van der Waals surface area contributed by atoms with Gasteiger partial charge in [0.25, 0.3) is 0 Å². The molecule has 102 valence electrons. The SMILES string of the molecule is CN1CCC(NC(=O)C(C(=O)O)C(C)(C)C)C1=O. The van der Waals surface area contributed by atoms with E-state index in [-0.39, 0.29) is 5.91 Å². The summed E-state index contributed by atoms with van der Waals surface area (Å²) in [6.45, 7) is 5.65. The molecule has 2 amide bonds. The third-order valence-electron chi connectivity index (χ3n) is 3.12. The molecular weight excluding hydrogens is 236 g/mol. The van der Waals surface area contributed by atoms with Gasteiger partial charge in [0, 0.05) is 13.6 Å². The van der Waals surface area contributed by atoms with Crippen molar-refractivity contribution in [3.05, 3.63) is 0 Å². The molecule has 0 aromatic heterocycles. The second-order valence-electron chi connectivity index (χ2n) is 5.75. The van der Waals surface area contributed by atoms with Crippen LogP contribution in [0.15, 0.2) is 0 Å². The fraction of sp³-hybridized carbons (Fsp3) is 0.750. The number of nitrogens with one attached hydrogen (secondary N) is 1. The second kappa shape index (κ2) is 4.96. The van der Waals surface area contributed by atoms with Crippen LogP contribution in [0.1, 0.15) is 27.2 Å². The molecule has 1 aliphatic heterocycles. The van der Waals surface area contributed by atoms with E-state index < -0.39 is 29.3 Å². The molecule has 0 aromatic carbocycles. The number of amides is 2. The number of carboxylic acid groups (broad SMARTS) is 1. The van der Waals surface area contributed by atoms with E-state index in [0.717, 1.165) is 0 Å². The van der Waals surface area contributed by atoms with Gasteiger partial charge in [-0.05, 0) is 11.8 Å². The van der Waals surface area contributed by atoms with Crippen molar-refractivity contribution in [1.29, 1.82) is 0 Å². The fourth-order valence-electron chi connectivity index (χ4n) is 2.09. The molecule has 2 unspecified atom stereocenters. The maximum absolute atomic E-state index is 12.0. The van der Waals surface area contributed by atoms with E-state index in [2.05, 4.69) is 5.32 Å². The Morgan fingerprint density at radius 2 is 2.00 bits per heavy atom. The minimum Gasteiger partial charge on any atom is -0.481 e. The van der Waals surface area contributed by atoms with Crippen LogP contribution in [0.2, 0.25) is 0 Å². The first-order valence-electron chi connectivity index (χ1n) is 5.92. The first-order chi connectivity index (χ1) is 8.14. The average Bonchev–Trinajstić information content (AvgIpc) is 2.46. The van der Waals surface area contributed by atoms with Crippen molar-refractivity contribution in [2.45, 2.75) is 33.2 Å². The third-order valence-corrected chi connectivity index (χ3v) is 3.12. The minimum absolute atomic E-state index is 0.165. The molecule has 6 heteroatoms. The van der Waals surface area contributed by atoms with Crippen LogP contribution in [0.25, 0.3) is 0 Å². The van der Waals surface area contributed by atoms with Crippen molar-refractivity contribution < 1.29 is 19.5 Å². The average molecular weight is 256 g/mol. The van der Waals surface area contributed by atoms with Crippen LogP contribution >= 0.6 is 0 Å². The van der Waals surface area contributed by atoms with Crippen LogP contribution in [0.3, 0.4) is 0 Å². The van der Waals surface area contributed by atoms with E-state index in [1.165, 1.54) is 4.90 Å². The molecule has 0 spiro atoms. The normalized spacial score (nSPS) is 21.9. The summed E-state index contributed by atoms with van der Waals surface area (Å²) in [4.78, 5) is 36.3. The van der Waals surface area contributed by atoms with Gasteiger partial charge < -0.3 is 15.3 Å². The summed E-state index contributed by atoms with van der Waals surface area (Å²) in [6.07, 6.45) is 0.525. The van der Waals surface area contributed by atoms with E-state index in [4.69, 9.17) is 5.11 Å². The van der Waals surface area contributed by atoms with Crippen molar-refractivity contribution >= 4 is 17.8 Å². The molecule has 1 aliphatic rings. The topological polar surface area (TPSA) is 86.7 Å². The molecule has 1 rings (SSSR count). The summed E-state index contributed by atoms with van der Waals surface area (Å²) in [5.41, 5.74) is -0.691. The van der Waals surface area contributed by atoms with Gasteiger partial charge in [0.15, 0.2) is 0 Å². The predicted octanol–water partition coefficient (Wildman–Crippen LogP) is 0.0802. The van der Waals surface area contributed by atoms with E-state index in [9.17, 15) is 14.4 Å². The molecule has 2 N–H and O–H groups in total. The summed E-state index contributed by atoms with van der Waals surface area (Å²) in [6, 6.07) is -0.591. The lowest BCUT2D eigenvalue weighted by atomic mass is 9.80. The smallest absolute Gasteiger partial charge is 0.316 e. The van der Waals surface area contributed by atoms with E-state index in [1.807, 2.05) is 0 Å². The Balaban J connectivity index is 2.75. The third kappa shape index (κ3) is 3.00. The van der Waals surface area contributed by atoms with Crippen LogP contribution in [0.5, 0.6) is 0 Å². The van der Waals surface area contributed by atoms with Gasteiger partial charge in [-0.15, -0.1) is 0 Å². The highest BCUT2D eigenvalue weighted by molar-refractivity contribution is 6.00. The maximum atomic E-state index is 12.0. The minimum atomic E-state index is -1.17. The van der Waals surface area contributed by atoms with Gasteiger partial charge in [0.05, 0.1) is 0 Å². The molecule has 1 heterocycles. The lowest BCUT2D eigenvalue weighted by molar-refractivity contribution is -0.152. The van der Waals surface area contributed by atoms with Gasteiger partial charge in [0.2, 0.25) is 11.8 Å². The summed E-state index contributed by atoms with van der Waals surface area (Å²) >= 11 is 0. The molecule has 0 bridgehead atoms. The zero-order valence-electron chi connectivity index (χ0n) is 11.2. The van der Waals surface area contributed by atoms with Gasteiger partial charge in [-0.1, -0.05) is 20.8 Å². The Morgan fingerprint density at radius 3 is 2.33 bits per heavy atom. The molecule has 0 saturated carbocycles. The quantitative estimate of drug-likeness (QED) is 0.700. The molecular formula is C12H20N2O4. The number of likely N-dealkylation sites (tertiary alicyclic amines) is 1. The predicted molar refractivity (Wildman–Crippen MR) is 64.8 cm³/mol. The summed E-state index contributed by atoms with van der Waals surface area (Å²) in [7, 11) is 1.66. The van der Waals surface area contributed by atoms with Crippen LogP contribution in [0, 0.1) is 11.3 Å². The maximum Gasteiger partial charge on any atom is 0.316 e. The van der Waals surface area contributed by atoms with Crippen LogP contribution in [0.4, 0.5) is 0 Å². The number of carboxylic acids is 1. The van der Waals surface area contributed by atoms with Gasteiger partial charge in [-0.3, -0.25) is 14.4 Å². The van der Waals surface area contributed by atoms with Crippen LogP contribution < -0.4 is 5.32 Å². The molecule has 0 aliphatic carbocycles. The van der Waals surface area contributed by atoms with Crippen molar-refractivity contribution in [1.82, 2.24) is 10.2 Å². The molecule has 2 atom stereocenters. The number of nitrogens with zero attached hydrogens (tertiary/aromatic N) is 1. The summed E-state index contributed by atoms with van der Waals surface area (Å²) in [5, 5.41) is 11.7. The Labute approximate surface area is 106 Å². The Kier molecular flexibility index (Phi) is 3.98. The first kappa shape index (κ1) is 14.5. The largest absolute Gasteiger partial charge is 0.481 e. The lowest BCUT2D eigenvalue weighted by Crippen LogP contribution is -2.48. The molecule has 0 radical (unpaired) electrons. The van der Waals surface area contributed by atoms with E-state index in [0.29, 0.717) is 13.0 Å². The number of rotatable bonds is 3. The number of aliphatic carboxylic acids is 1. The zero-order chi connectivity index (χ0) is 14.1. The highest BCUT2D eigenvalue weighted by atomic mass is 16.4. The molecule has 18 heavy (non-hydrogen) atoms. The molecule has 1 saturated heterocycles. The molecule has 6 nitrogen and oxygen atoms in total. The summed E-state index contributed by atoms with van der Waals surface area (Å²) in [5.74, 6) is -3.08. The van der Waals surface area contributed by atoms with Crippen molar-refractivity contribution in [3.8, 4) is 0 Å². The van der Waals surface area contributed by atoms with Gasteiger partial charge in [0.1, 0.15) is 12.0 Å². The molecule has 0 aromatic rings. The Morgan fingerprint density at radius 1 is 1.44 bits per heavy atom. The highest BCUT2D eigenvalue weighted by Crippen LogP contribution is 2.26. The zero-order valence-corrected chi connectivity index (χ0v) is 11.2. The van der Waals surface area contributed by atoms with E-state index in [1.54, 1.807) is 27.8 Å². The number of carbonyl (C=O) groups is 3. The Bertz CT molecular complexity index is 373. The Hall–Kier alpha value is -1.59. The van der Waals surface area contributed by atoms with Gasteiger partial charge in [-0.25, -0.2) is 0 Å². The summed E-state index contributed by atoms with van der Waals surface area (Å²) < 4.78 is 0. The van der Waals surface area contributed by atoms with Crippen molar-refractivity contribution in [2.24, 2.45) is 11.3 Å². The van der Waals surface area contributed by atoms with Crippen molar-refractivity contribution in [3.63, 3.8) is 0 Å². The highest BCUT2D eigenvalue weighted by Gasteiger charge is 2.40. The van der Waals surface area contributed by atoms with E-state index >= 15 is 0 Å². The number of carbonyl (C=O) groups excluding carboxylic acids is 2. The number of likely N-dealkylation sites (N-methyl/N-ethyl adjacent to an activating group) is 1. The number of hydrogen-bond donors (Lipinski definition) is 2. The second-order valence-corrected chi connectivity index (χ2v) is 5.75. The van der Waals surface area contributed by atoms with Gasteiger partial charge in [-0.2, -0.15) is 0 Å². The lowest BCUT2D eigenvalue weighted by Gasteiger charge is -2.26. The monoisotopic (exact) mass is 256 g/mol. The molecule has 1 fully saturated rings. The van der Waals surface area contributed by atoms with Crippen LogP contribution in [-0.2, 0) is 14.4 Å². The van der Waals surface area contributed by atoms with Crippen molar-refractivity contribution in [2.75, 3.05) is 13.6 Å². The standard InChI is InChI=1S/C12H20N2O4/c1-12(2,3)8(11(17)18)9(15)13-7-5-6-14(4)10(7)16/h7-8H,5-6H2,1-4H3,(H,13,15)(H,17,18). The van der Waals surface area contributed by atoms with Gasteiger partial charge >= 0.3 is 5.97 Å². The number of hydrogen-bond acceptors (Lipinski definition) is 3. The fourth-order valence-corrected chi connectivity index (χ4v) is 2.09. The first-order valence-corrected chi connectivity index (χ1v) is 5.92.